The molecule has 1 aromatic carbocycles. The zero-order valence-electron chi connectivity index (χ0n) is 12.7. The molecule has 1 aromatic rings. The van der Waals surface area contributed by atoms with E-state index in [0.29, 0.717) is 50.3 Å². The van der Waals surface area contributed by atoms with Crippen LogP contribution >= 0.6 is 0 Å². The molecule has 4 nitrogen and oxygen atoms in total. The monoisotopic (exact) mass is 294 g/mol. The maximum Gasteiger partial charge on any atom is 0.227 e. The summed E-state index contributed by atoms with van der Waals surface area (Å²) in [6.45, 7) is 5.31. The number of carbonyl (C=O) groups is 1. The second kappa shape index (κ2) is 6.54. The lowest BCUT2D eigenvalue weighted by Crippen LogP contribution is -2.48. The Kier molecular flexibility index (Phi) is 4.96. The van der Waals surface area contributed by atoms with Crippen LogP contribution in [0.1, 0.15) is 29.5 Å². The van der Waals surface area contributed by atoms with Crippen molar-refractivity contribution in [3.63, 3.8) is 0 Å². The third kappa shape index (κ3) is 3.41. The van der Waals surface area contributed by atoms with E-state index in [0.717, 1.165) is 5.56 Å². The molecular weight excluding hydrogens is 271 g/mol. The van der Waals surface area contributed by atoms with Gasteiger partial charge in [0.2, 0.25) is 5.91 Å². The van der Waals surface area contributed by atoms with Gasteiger partial charge in [0.1, 0.15) is 5.82 Å². The van der Waals surface area contributed by atoms with Crippen molar-refractivity contribution in [3.05, 3.63) is 34.6 Å². The molecule has 21 heavy (non-hydrogen) atoms. The van der Waals surface area contributed by atoms with Gasteiger partial charge in [-0.25, -0.2) is 4.39 Å². The Morgan fingerprint density at radius 1 is 1.33 bits per heavy atom. The van der Waals surface area contributed by atoms with Crippen LogP contribution in [0.3, 0.4) is 0 Å². The third-order valence-corrected chi connectivity index (χ3v) is 4.27. The van der Waals surface area contributed by atoms with E-state index in [1.165, 1.54) is 0 Å². The SMILES string of the molecule is Cc1cc(CNC(=O)C2(CN)CCOCC2)cc(C)c1F. The number of hydrogen-bond donors (Lipinski definition) is 2. The van der Waals surface area contributed by atoms with Crippen molar-refractivity contribution >= 4 is 5.91 Å². The average molecular weight is 294 g/mol. The molecule has 5 heteroatoms. The summed E-state index contributed by atoms with van der Waals surface area (Å²) in [5.41, 5.74) is 7.38. The Morgan fingerprint density at radius 3 is 2.43 bits per heavy atom. The predicted octanol–water partition coefficient (Wildman–Crippen LogP) is 1.81. The lowest BCUT2D eigenvalue weighted by Gasteiger charge is -2.34. The number of ether oxygens (including phenoxy) is 1. The van der Waals surface area contributed by atoms with E-state index in [2.05, 4.69) is 5.32 Å². The fourth-order valence-electron chi connectivity index (χ4n) is 2.79. The first-order valence-electron chi connectivity index (χ1n) is 7.30. The second-order valence-electron chi connectivity index (χ2n) is 5.82. The smallest absolute Gasteiger partial charge is 0.227 e. The highest BCUT2D eigenvalue weighted by Crippen LogP contribution is 2.29. The van der Waals surface area contributed by atoms with E-state index < -0.39 is 5.41 Å². The van der Waals surface area contributed by atoms with Gasteiger partial charge >= 0.3 is 0 Å². The standard InChI is InChI=1S/C16H23FN2O2/c1-11-7-13(8-12(2)14(11)17)9-19-15(20)16(10-18)3-5-21-6-4-16/h7-8H,3-6,9-10,18H2,1-2H3,(H,19,20). The van der Waals surface area contributed by atoms with Crippen LogP contribution in [0.4, 0.5) is 4.39 Å². The molecule has 0 spiro atoms. The normalized spacial score (nSPS) is 17.5. The molecule has 0 aliphatic carbocycles. The average Bonchev–Trinajstić information content (AvgIpc) is 2.50. The number of nitrogens with one attached hydrogen (secondary N) is 1. The van der Waals surface area contributed by atoms with Crippen LogP contribution in [0.5, 0.6) is 0 Å². The van der Waals surface area contributed by atoms with Gasteiger partial charge in [-0.1, -0.05) is 12.1 Å². The van der Waals surface area contributed by atoms with Crippen molar-refractivity contribution in [2.24, 2.45) is 11.1 Å². The highest BCUT2D eigenvalue weighted by atomic mass is 19.1. The number of rotatable bonds is 4. The maximum absolute atomic E-state index is 13.6. The minimum absolute atomic E-state index is 0.0343. The summed E-state index contributed by atoms with van der Waals surface area (Å²) < 4.78 is 18.9. The first-order chi connectivity index (χ1) is 9.98. The van der Waals surface area contributed by atoms with Crippen LogP contribution in [0.15, 0.2) is 12.1 Å². The molecule has 0 unspecified atom stereocenters. The van der Waals surface area contributed by atoms with Gasteiger partial charge in [0.05, 0.1) is 5.41 Å². The van der Waals surface area contributed by atoms with E-state index in [4.69, 9.17) is 10.5 Å². The molecule has 3 N–H and O–H groups in total. The molecule has 0 atom stereocenters. The van der Waals surface area contributed by atoms with Crippen LogP contribution in [-0.4, -0.2) is 25.7 Å². The first-order valence-corrected chi connectivity index (χ1v) is 7.30. The van der Waals surface area contributed by atoms with Crippen molar-refractivity contribution in [1.29, 1.82) is 0 Å². The van der Waals surface area contributed by atoms with Crippen molar-refractivity contribution < 1.29 is 13.9 Å². The summed E-state index contributed by atoms with van der Waals surface area (Å²) in [6.07, 6.45) is 1.30. The number of carbonyl (C=O) groups excluding carboxylic acids is 1. The van der Waals surface area contributed by atoms with E-state index in [1.807, 2.05) is 0 Å². The molecule has 0 radical (unpaired) electrons. The Hall–Kier alpha value is -1.46. The van der Waals surface area contributed by atoms with Crippen LogP contribution < -0.4 is 11.1 Å². The molecule has 1 saturated heterocycles. The molecule has 1 aliphatic heterocycles. The van der Waals surface area contributed by atoms with E-state index in [1.54, 1.807) is 26.0 Å². The molecule has 0 saturated carbocycles. The van der Waals surface area contributed by atoms with Crippen LogP contribution in [0, 0.1) is 25.1 Å². The number of benzene rings is 1. The summed E-state index contributed by atoms with van der Waals surface area (Å²) in [5.74, 6) is -0.221. The minimum Gasteiger partial charge on any atom is -0.381 e. The number of amides is 1. The molecule has 0 aromatic heterocycles. The van der Waals surface area contributed by atoms with Crippen molar-refractivity contribution in [2.45, 2.75) is 33.2 Å². The number of nitrogens with two attached hydrogens (primary N) is 1. The fourth-order valence-corrected chi connectivity index (χ4v) is 2.79. The summed E-state index contributed by atoms with van der Waals surface area (Å²) in [6, 6.07) is 3.53. The summed E-state index contributed by atoms with van der Waals surface area (Å²) in [4.78, 5) is 12.4. The largest absolute Gasteiger partial charge is 0.381 e. The Labute approximate surface area is 124 Å². The lowest BCUT2D eigenvalue weighted by molar-refractivity contribution is -0.136. The Balaban J connectivity index is 2.03. The van der Waals surface area contributed by atoms with Gasteiger partial charge < -0.3 is 15.8 Å². The summed E-state index contributed by atoms with van der Waals surface area (Å²) in [5, 5.41) is 2.94. The highest BCUT2D eigenvalue weighted by Gasteiger charge is 2.38. The number of halogens is 1. The van der Waals surface area contributed by atoms with E-state index >= 15 is 0 Å². The quantitative estimate of drug-likeness (QED) is 0.890. The predicted molar refractivity (Wildman–Crippen MR) is 79.3 cm³/mol. The first kappa shape index (κ1) is 15.9. The lowest BCUT2D eigenvalue weighted by atomic mass is 9.79. The topological polar surface area (TPSA) is 64.4 Å². The van der Waals surface area contributed by atoms with Crippen molar-refractivity contribution in [1.82, 2.24) is 5.32 Å². The fraction of sp³-hybridized carbons (Fsp3) is 0.562. The number of hydrogen-bond acceptors (Lipinski definition) is 3. The van der Waals surface area contributed by atoms with Crippen molar-refractivity contribution in [3.8, 4) is 0 Å². The summed E-state index contributed by atoms with van der Waals surface area (Å²) in [7, 11) is 0. The Bertz CT molecular complexity index is 502. The van der Waals surface area contributed by atoms with Gasteiger partial charge in [-0.3, -0.25) is 4.79 Å². The zero-order chi connectivity index (χ0) is 15.5. The highest BCUT2D eigenvalue weighted by molar-refractivity contribution is 5.83. The van der Waals surface area contributed by atoms with Gasteiger partial charge in [0.25, 0.3) is 0 Å². The minimum atomic E-state index is -0.525. The Morgan fingerprint density at radius 2 is 1.90 bits per heavy atom. The number of aryl methyl sites for hydroxylation is 2. The maximum atomic E-state index is 13.6. The molecule has 2 rings (SSSR count). The van der Waals surface area contributed by atoms with E-state index in [-0.39, 0.29) is 11.7 Å². The zero-order valence-corrected chi connectivity index (χ0v) is 12.7. The van der Waals surface area contributed by atoms with Crippen LogP contribution in [-0.2, 0) is 16.1 Å². The van der Waals surface area contributed by atoms with Gasteiger partial charge in [0, 0.05) is 26.3 Å². The molecule has 1 heterocycles. The molecule has 1 amide bonds. The summed E-state index contributed by atoms with van der Waals surface area (Å²) >= 11 is 0. The second-order valence-corrected chi connectivity index (χ2v) is 5.82. The van der Waals surface area contributed by atoms with Crippen molar-refractivity contribution in [2.75, 3.05) is 19.8 Å². The van der Waals surface area contributed by atoms with E-state index in [9.17, 15) is 9.18 Å². The molecule has 1 aliphatic rings. The van der Waals surface area contributed by atoms with Crippen LogP contribution in [0.25, 0.3) is 0 Å². The van der Waals surface area contributed by atoms with Gasteiger partial charge in [0.15, 0.2) is 0 Å². The molecule has 0 bridgehead atoms. The molecular formula is C16H23FN2O2. The third-order valence-electron chi connectivity index (χ3n) is 4.27. The van der Waals surface area contributed by atoms with Gasteiger partial charge in [-0.15, -0.1) is 0 Å². The van der Waals surface area contributed by atoms with Gasteiger partial charge in [-0.2, -0.15) is 0 Å². The van der Waals surface area contributed by atoms with Crippen LogP contribution in [0.2, 0.25) is 0 Å². The molecule has 1 fully saturated rings. The molecule has 116 valence electrons. The van der Waals surface area contributed by atoms with Gasteiger partial charge in [-0.05, 0) is 43.4 Å².